The number of nitrogens with two attached hydrogens (primary N) is 1. The number of pyridine rings is 1. The predicted octanol–water partition coefficient (Wildman–Crippen LogP) is 2.98. The molecule has 0 atom stereocenters. The largest absolute Gasteiger partial charge is 0.476 e. The predicted molar refractivity (Wildman–Crippen MR) is 70.9 cm³/mol. The van der Waals surface area contributed by atoms with E-state index in [1.165, 1.54) is 11.0 Å². The number of aromatic nitrogens is 1. The van der Waals surface area contributed by atoms with Gasteiger partial charge in [0.05, 0.1) is 12.3 Å². The number of hydrogen-bond donors (Lipinski definition) is 1. The zero-order chi connectivity index (χ0) is 14.8. The highest BCUT2D eigenvalue weighted by Crippen LogP contribution is 2.35. The normalized spacial score (nSPS) is 15.2. The topological polar surface area (TPSA) is 51.4 Å². The van der Waals surface area contributed by atoms with Gasteiger partial charge in [-0.15, -0.1) is 0 Å². The van der Waals surface area contributed by atoms with Crippen LogP contribution in [0.4, 0.5) is 24.7 Å². The summed E-state index contributed by atoms with van der Waals surface area (Å²) in [5.41, 5.74) is 6.06. The van der Waals surface area contributed by atoms with Gasteiger partial charge in [0.15, 0.2) is 0 Å². The second-order valence-corrected chi connectivity index (χ2v) is 4.89. The maximum absolute atomic E-state index is 12.6. The molecule has 0 unspecified atom stereocenters. The smallest absolute Gasteiger partial charge is 0.405 e. The Kier molecular flexibility index (Phi) is 4.25. The lowest BCUT2D eigenvalue weighted by molar-refractivity contribution is -0.120. The molecule has 0 aromatic carbocycles. The average Bonchev–Trinajstić information content (AvgIpc) is 3.18. The van der Waals surface area contributed by atoms with Crippen LogP contribution in [0, 0.1) is 0 Å². The summed E-state index contributed by atoms with van der Waals surface area (Å²) < 4.78 is 43.3. The first-order valence-electron chi connectivity index (χ1n) is 6.63. The van der Waals surface area contributed by atoms with Gasteiger partial charge in [-0.05, 0) is 31.4 Å². The van der Waals surface area contributed by atoms with E-state index in [0.29, 0.717) is 12.3 Å². The van der Waals surface area contributed by atoms with Crippen LogP contribution in [0.2, 0.25) is 0 Å². The van der Waals surface area contributed by atoms with E-state index < -0.39 is 12.7 Å². The lowest BCUT2D eigenvalue weighted by Gasteiger charge is -2.25. The number of alkyl halides is 3. The van der Waals surface area contributed by atoms with Crippen LogP contribution >= 0.6 is 0 Å². The van der Waals surface area contributed by atoms with Crippen LogP contribution in [0.3, 0.4) is 0 Å². The molecule has 0 amide bonds. The number of nitrogen functional groups attached to an aromatic ring is 1. The first-order valence-corrected chi connectivity index (χ1v) is 6.63. The Morgan fingerprint density at radius 2 is 2.10 bits per heavy atom. The molecule has 20 heavy (non-hydrogen) atoms. The van der Waals surface area contributed by atoms with Crippen LogP contribution in [0.15, 0.2) is 12.1 Å². The van der Waals surface area contributed by atoms with E-state index in [9.17, 15) is 13.2 Å². The first kappa shape index (κ1) is 14.7. The molecule has 1 aromatic rings. The van der Waals surface area contributed by atoms with Gasteiger partial charge in [0.1, 0.15) is 12.4 Å². The molecular formula is C13H18F3N3O. The molecule has 0 aliphatic heterocycles. The fourth-order valence-electron chi connectivity index (χ4n) is 1.89. The number of rotatable bonds is 6. The minimum absolute atomic E-state index is 0.0909. The van der Waals surface area contributed by atoms with Gasteiger partial charge in [-0.1, -0.05) is 6.92 Å². The summed E-state index contributed by atoms with van der Waals surface area (Å²) in [4.78, 5) is 5.41. The van der Waals surface area contributed by atoms with Crippen molar-refractivity contribution in [1.29, 1.82) is 0 Å². The number of hydrogen-bond acceptors (Lipinski definition) is 4. The minimum atomic E-state index is -4.25. The summed E-state index contributed by atoms with van der Waals surface area (Å²) in [5, 5.41) is 0. The van der Waals surface area contributed by atoms with Crippen molar-refractivity contribution >= 4 is 11.5 Å². The van der Waals surface area contributed by atoms with E-state index in [1.807, 2.05) is 6.92 Å². The van der Waals surface area contributed by atoms with Crippen LogP contribution in [-0.4, -0.2) is 30.4 Å². The van der Waals surface area contributed by atoms with Crippen molar-refractivity contribution in [2.24, 2.45) is 0 Å². The summed E-state index contributed by atoms with van der Waals surface area (Å²) in [6.45, 7) is 1.37. The lowest BCUT2D eigenvalue weighted by Crippen LogP contribution is -2.36. The number of nitrogens with zero attached hydrogens (tertiary/aromatic N) is 2. The summed E-state index contributed by atoms with van der Waals surface area (Å²) >= 11 is 0. The van der Waals surface area contributed by atoms with Gasteiger partial charge in [-0.3, -0.25) is 0 Å². The maximum Gasteiger partial charge on any atom is 0.405 e. The van der Waals surface area contributed by atoms with Gasteiger partial charge in [-0.25, -0.2) is 0 Å². The van der Waals surface area contributed by atoms with Crippen molar-refractivity contribution < 1.29 is 17.9 Å². The molecule has 1 aliphatic rings. The summed E-state index contributed by atoms with van der Waals surface area (Å²) in [5.74, 6) is 0.474. The van der Waals surface area contributed by atoms with E-state index in [0.717, 1.165) is 19.3 Å². The quantitative estimate of drug-likeness (QED) is 0.874. The molecule has 4 nitrogen and oxygen atoms in total. The second-order valence-electron chi connectivity index (χ2n) is 4.89. The Morgan fingerprint density at radius 3 is 2.65 bits per heavy atom. The zero-order valence-electron chi connectivity index (χ0n) is 11.3. The van der Waals surface area contributed by atoms with E-state index in [1.54, 1.807) is 6.07 Å². The van der Waals surface area contributed by atoms with Crippen LogP contribution in [0.5, 0.6) is 5.88 Å². The summed E-state index contributed by atoms with van der Waals surface area (Å²) in [6.07, 6.45) is -1.96. The third-order valence-electron chi connectivity index (χ3n) is 2.95. The van der Waals surface area contributed by atoms with Gasteiger partial charge in [0, 0.05) is 6.04 Å². The maximum atomic E-state index is 12.6. The van der Waals surface area contributed by atoms with Gasteiger partial charge in [0.2, 0.25) is 5.88 Å². The van der Waals surface area contributed by atoms with E-state index in [-0.39, 0.29) is 17.7 Å². The Morgan fingerprint density at radius 1 is 1.40 bits per heavy atom. The van der Waals surface area contributed by atoms with Gasteiger partial charge in [-0.2, -0.15) is 18.2 Å². The molecular weight excluding hydrogens is 271 g/mol. The van der Waals surface area contributed by atoms with Crippen molar-refractivity contribution in [2.75, 3.05) is 23.8 Å². The summed E-state index contributed by atoms with van der Waals surface area (Å²) in [6, 6.07) is 2.96. The molecule has 1 heterocycles. The highest BCUT2D eigenvalue weighted by molar-refractivity contribution is 5.55. The fourth-order valence-corrected chi connectivity index (χ4v) is 1.89. The first-order chi connectivity index (χ1) is 9.40. The van der Waals surface area contributed by atoms with Crippen molar-refractivity contribution in [3.8, 4) is 5.88 Å². The molecule has 1 aliphatic carbocycles. The molecule has 1 fully saturated rings. The molecule has 112 valence electrons. The number of ether oxygens (including phenoxy) is 1. The number of halogens is 3. The third-order valence-corrected chi connectivity index (χ3v) is 2.95. The number of anilines is 2. The highest BCUT2D eigenvalue weighted by atomic mass is 19.4. The summed E-state index contributed by atoms with van der Waals surface area (Å²) in [7, 11) is 0. The molecule has 2 rings (SSSR count). The van der Waals surface area contributed by atoms with Crippen molar-refractivity contribution in [3.63, 3.8) is 0 Å². The Bertz CT molecular complexity index is 461. The molecule has 0 radical (unpaired) electrons. The second kappa shape index (κ2) is 5.76. The van der Waals surface area contributed by atoms with Crippen LogP contribution in [0.25, 0.3) is 0 Å². The van der Waals surface area contributed by atoms with E-state index >= 15 is 0 Å². The van der Waals surface area contributed by atoms with Crippen LogP contribution < -0.4 is 15.4 Å². The van der Waals surface area contributed by atoms with Gasteiger partial charge >= 0.3 is 6.18 Å². The lowest BCUT2D eigenvalue weighted by atomic mass is 10.3. The molecule has 0 spiro atoms. The monoisotopic (exact) mass is 289 g/mol. The SMILES string of the molecule is CCCOc1nc(N(CC(F)(F)F)C2CC2)ccc1N. The minimum Gasteiger partial charge on any atom is -0.476 e. The van der Waals surface area contributed by atoms with Crippen LogP contribution in [0.1, 0.15) is 26.2 Å². The van der Waals surface area contributed by atoms with Gasteiger partial charge in [0.25, 0.3) is 0 Å². The Labute approximate surface area is 115 Å². The van der Waals surface area contributed by atoms with Crippen molar-refractivity contribution in [2.45, 2.75) is 38.4 Å². The molecule has 0 bridgehead atoms. The third kappa shape index (κ3) is 3.91. The fraction of sp³-hybridized carbons (Fsp3) is 0.615. The molecule has 2 N–H and O–H groups in total. The molecule has 1 aromatic heterocycles. The molecule has 0 saturated heterocycles. The average molecular weight is 289 g/mol. The molecule has 1 saturated carbocycles. The molecule has 7 heteroatoms. The van der Waals surface area contributed by atoms with E-state index in [4.69, 9.17) is 10.5 Å². The van der Waals surface area contributed by atoms with Crippen molar-refractivity contribution in [3.05, 3.63) is 12.1 Å². The zero-order valence-corrected chi connectivity index (χ0v) is 11.3. The Balaban J connectivity index is 2.20. The van der Waals surface area contributed by atoms with Crippen molar-refractivity contribution in [1.82, 2.24) is 4.98 Å². The van der Waals surface area contributed by atoms with Gasteiger partial charge < -0.3 is 15.4 Å². The highest BCUT2D eigenvalue weighted by Gasteiger charge is 2.38. The standard InChI is InChI=1S/C13H18F3N3O/c1-2-7-20-12-10(17)5-6-11(18-12)19(9-3-4-9)8-13(14,15)16/h5-6,9H,2-4,7-8,17H2,1H3. The Hall–Kier alpha value is -1.66. The van der Waals surface area contributed by atoms with Crippen LogP contribution in [-0.2, 0) is 0 Å². The van der Waals surface area contributed by atoms with E-state index in [2.05, 4.69) is 4.98 Å².